The molecule has 40 heavy (non-hydrogen) atoms. The topological polar surface area (TPSA) is 109 Å². The van der Waals surface area contributed by atoms with Crippen molar-refractivity contribution in [1.82, 2.24) is 4.98 Å². The molecule has 1 saturated heterocycles. The van der Waals surface area contributed by atoms with Crippen molar-refractivity contribution < 1.29 is 24.2 Å². The molecule has 5 rings (SSSR count). The Morgan fingerprint density at radius 2 is 1.70 bits per heavy atom. The number of rotatable bonds is 7. The SMILES string of the molecule is CC(=O)Nc1ccc(N2C(=O)C(=O)/C(=C(\O)c3ccc(OCc4ccccc4)c(C)c3)C2c2ccccn2)cc1. The quantitative estimate of drug-likeness (QED) is 0.183. The van der Waals surface area contributed by atoms with Gasteiger partial charge in [0.1, 0.15) is 24.2 Å². The van der Waals surface area contributed by atoms with Crippen LogP contribution in [-0.2, 0) is 21.0 Å². The lowest BCUT2D eigenvalue weighted by atomic mass is 9.97. The van der Waals surface area contributed by atoms with Crippen LogP contribution in [0.15, 0.2) is 103 Å². The van der Waals surface area contributed by atoms with E-state index in [9.17, 15) is 19.5 Å². The van der Waals surface area contributed by atoms with E-state index in [0.29, 0.717) is 35.0 Å². The van der Waals surface area contributed by atoms with E-state index >= 15 is 0 Å². The zero-order chi connectivity index (χ0) is 28.2. The molecule has 1 atom stereocenters. The van der Waals surface area contributed by atoms with Crippen LogP contribution in [0.2, 0.25) is 0 Å². The van der Waals surface area contributed by atoms with Crippen molar-refractivity contribution in [3.05, 3.63) is 125 Å². The number of carbonyl (C=O) groups is 3. The Morgan fingerprint density at radius 1 is 0.975 bits per heavy atom. The average molecular weight is 534 g/mol. The molecular weight excluding hydrogens is 506 g/mol. The second-order valence-electron chi connectivity index (χ2n) is 9.41. The molecule has 0 aliphatic carbocycles. The van der Waals surface area contributed by atoms with Crippen molar-refractivity contribution in [2.45, 2.75) is 26.5 Å². The van der Waals surface area contributed by atoms with E-state index in [1.165, 1.54) is 11.8 Å². The Kier molecular flexibility index (Phi) is 7.41. The third kappa shape index (κ3) is 5.33. The molecule has 3 aromatic carbocycles. The minimum absolute atomic E-state index is 0.0630. The van der Waals surface area contributed by atoms with Gasteiger partial charge < -0.3 is 15.2 Å². The lowest BCUT2D eigenvalue weighted by Crippen LogP contribution is -2.29. The van der Waals surface area contributed by atoms with Crippen molar-refractivity contribution in [2.24, 2.45) is 0 Å². The van der Waals surface area contributed by atoms with E-state index in [4.69, 9.17) is 4.74 Å². The molecule has 2 heterocycles. The van der Waals surface area contributed by atoms with Crippen molar-refractivity contribution in [3.8, 4) is 5.75 Å². The normalized spacial score (nSPS) is 16.1. The maximum absolute atomic E-state index is 13.4. The van der Waals surface area contributed by atoms with Gasteiger partial charge in [0, 0.05) is 30.1 Å². The molecule has 8 heteroatoms. The fraction of sp³-hybridized carbons (Fsp3) is 0.125. The van der Waals surface area contributed by atoms with Crippen LogP contribution in [-0.4, -0.2) is 27.7 Å². The summed E-state index contributed by atoms with van der Waals surface area (Å²) in [5.74, 6) is -1.50. The van der Waals surface area contributed by atoms with Crippen LogP contribution < -0.4 is 15.0 Å². The number of nitrogens with zero attached hydrogens (tertiary/aromatic N) is 2. The summed E-state index contributed by atoms with van der Waals surface area (Å²) < 4.78 is 5.96. The first-order valence-corrected chi connectivity index (χ1v) is 12.7. The van der Waals surface area contributed by atoms with Crippen LogP contribution in [0.25, 0.3) is 5.76 Å². The number of aromatic nitrogens is 1. The molecule has 1 aliphatic heterocycles. The number of aliphatic hydroxyl groups is 1. The van der Waals surface area contributed by atoms with Gasteiger partial charge in [-0.3, -0.25) is 24.3 Å². The highest BCUT2D eigenvalue weighted by atomic mass is 16.5. The van der Waals surface area contributed by atoms with Gasteiger partial charge in [-0.1, -0.05) is 36.4 Å². The van der Waals surface area contributed by atoms with Crippen molar-refractivity contribution in [3.63, 3.8) is 0 Å². The van der Waals surface area contributed by atoms with Crippen molar-refractivity contribution >= 4 is 34.7 Å². The zero-order valence-electron chi connectivity index (χ0n) is 22.0. The summed E-state index contributed by atoms with van der Waals surface area (Å²) in [4.78, 5) is 43.9. The Balaban J connectivity index is 1.52. The molecule has 8 nitrogen and oxygen atoms in total. The molecule has 1 aromatic heterocycles. The molecule has 1 fully saturated rings. The van der Waals surface area contributed by atoms with Gasteiger partial charge in [-0.2, -0.15) is 0 Å². The number of carbonyl (C=O) groups excluding carboxylic acids is 3. The van der Waals surface area contributed by atoms with Gasteiger partial charge in [0.25, 0.3) is 11.7 Å². The highest BCUT2D eigenvalue weighted by molar-refractivity contribution is 6.51. The molecular formula is C32H27N3O5. The summed E-state index contributed by atoms with van der Waals surface area (Å²) in [5.41, 5.74) is 3.50. The number of hydrogen-bond acceptors (Lipinski definition) is 6. The highest BCUT2D eigenvalue weighted by Gasteiger charge is 2.47. The number of aliphatic hydroxyl groups excluding tert-OH is 1. The molecule has 0 saturated carbocycles. The van der Waals surface area contributed by atoms with Crippen LogP contribution in [0.4, 0.5) is 11.4 Å². The number of aryl methyl sites for hydroxylation is 1. The average Bonchev–Trinajstić information content (AvgIpc) is 3.23. The van der Waals surface area contributed by atoms with Gasteiger partial charge in [0.2, 0.25) is 5.91 Å². The maximum atomic E-state index is 13.4. The smallest absolute Gasteiger partial charge is 0.300 e. The molecule has 200 valence electrons. The monoisotopic (exact) mass is 533 g/mol. The lowest BCUT2D eigenvalue weighted by Gasteiger charge is -2.24. The molecule has 0 bridgehead atoms. The van der Waals surface area contributed by atoms with Crippen molar-refractivity contribution in [2.75, 3.05) is 10.2 Å². The molecule has 0 spiro atoms. The van der Waals surface area contributed by atoms with E-state index < -0.39 is 17.7 Å². The first-order valence-electron chi connectivity index (χ1n) is 12.7. The fourth-order valence-corrected chi connectivity index (χ4v) is 4.67. The van der Waals surface area contributed by atoms with Gasteiger partial charge in [-0.15, -0.1) is 0 Å². The number of benzene rings is 3. The summed E-state index contributed by atoms with van der Waals surface area (Å²) in [6.07, 6.45) is 1.57. The van der Waals surface area contributed by atoms with Gasteiger partial charge in [0.15, 0.2) is 0 Å². The number of amides is 2. The van der Waals surface area contributed by atoms with Crippen LogP contribution in [0.5, 0.6) is 5.75 Å². The van der Waals surface area contributed by atoms with E-state index in [2.05, 4.69) is 10.3 Å². The largest absolute Gasteiger partial charge is 0.507 e. The van der Waals surface area contributed by atoms with E-state index in [1.54, 1.807) is 66.9 Å². The zero-order valence-corrected chi connectivity index (χ0v) is 22.0. The van der Waals surface area contributed by atoms with Crippen LogP contribution in [0.1, 0.15) is 35.3 Å². The van der Waals surface area contributed by atoms with E-state index in [1.807, 2.05) is 37.3 Å². The summed E-state index contributed by atoms with van der Waals surface area (Å²) in [7, 11) is 0. The second kappa shape index (κ2) is 11.2. The molecule has 4 aromatic rings. The van der Waals surface area contributed by atoms with Crippen LogP contribution >= 0.6 is 0 Å². The van der Waals surface area contributed by atoms with Gasteiger partial charge in [-0.05, 0) is 72.6 Å². The fourth-order valence-electron chi connectivity index (χ4n) is 4.67. The summed E-state index contributed by atoms with van der Waals surface area (Å²) in [6, 6.07) is 25.7. The standard InChI is InChI=1S/C32H27N3O5/c1-20-18-23(11-16-27(20)40-19-22-8-4-3-5-9-22)30(37)28-29(26-10-6-7-17-33-26)35(32(39)31(28)38)25-14-12-24(13-15-25)34-21(2)36/h3-18,29,37H,19H2,1-2H3,(H,34,36)/b30-28-. The van der Waals surface area contributed by atoms with Gasteiger partial charge in [-0.25, -0.2) is 0 Å². The number of pyridine rings is 1. The van der Waals surface area contributed by atoms with Gasteiger partial charge >= 0.3 is 0 Å². The lowest BCUT2D eigenvalue weighted by molar-refractivity contribution is -0.132. The molecule has 2 amide bonds. The number of hydrogen-bond donors (Lipinski definition) is 2. The van der Waals surface area contributed by atoms with E-state index in [-0.39, 0.29) is 17.2 Å². The molecule has 0 radical (unpaired) electrons. The van der Waals surface area contributed by atoms with E-state index in [0.717, 1.165) is 11.1 Å². The van der Waals surface area contributed by atoms with Crippen molar-refractivity contribution in [1.29, 1.82) is 0 Å². The molecule has 1 aliphatic rings. The summed E-state index contributed by atoms with van der Waals surface area (Å²) in [6.45, 7) is 3.64. The Hall–Kier alpha value is -5.24. The number of nitrogens with one attached hydrogen (secondary N) is 1. The van der Waals surface area contributed by atoms with Crippen LogP contribution in [0, 0.1) is 6.92 Å². The number of anilines is 2. The molecule has 2 N–H and O–H groups in total. The summed E-state index contributed by atoms with van der Waals surface area (Å²) >= 11 is 0. The minimum Gasteiger partial charge on any atom is -0.507 e. The maximum Gasteiger partial charge on any atom is 0.300 e. The minimum atomic E-state index is -0.956. The number of ether oxygens (including phenoxy) is 1. The first-order chi connectivity index (χ1) is 19.3. The first kappa shape index (κ1) is 26.4. The third-order valence-corrected chi connectivity index (χ3v) is 6.56. The third-order valence-electron chi connectivity index (χ3n) is 6.56. The predicted molar refractivity (Wildman–Crippen MR) is 152 cm³/mol. The Labute approximate surface area is 231 Å². The predicted octanol–water partition coefficient (Wildman–Crippen LogP) is 5.55. The Morgan fingerprint density at radius 3 is 2.35 bits per heavy atom. The Bertz CT molecular complexity index is 1600. The van der Waals surface area contributed by atoms with Gasteiger partial charge in [0.05, 0.1) is 11.3 Å². The number of Topliss-reactive ketones (excluding diaryl/α,β-unsaturated/α-hetero) is 1. The number of ketones is 1. The summed E-state index contributed by atoms with van der Waals surface area (Å²) in [5, 5.41) is 14.1. The van der Waals surface area contributed by atoms with Crippen LogP contribution in [0.3, 0.4) is 0 Å². The highest BCUT2D eigenvalue weighted by Crippen LogP contribution is 2.42. The molecule has 1 unspecified atom stereocenters. The second-order valence-corrected chi connectivity index (χ2v) is 9.41.